The van der Waals surface area contributed by atoms with Crippen LogP contribution in [0.4, 0.5) is 0 Å². The van der Waals surface area contributed by atoms with Gasteiger partial charge in [0, 0.05) is 5.02 Å². The molecule has 1 aromatic rings. The molecule has 0 aliphatic rings. The van der Waals surface area contributed by atoms with Crippen molar-refractivity contribution < 1.29 is 8.76 Å². The van der Waals surface area contributed by atoms with Crippen LogP contribution in [0.15, 0.2) is 23.1 Å². The van der Waals surface area contributed by atoms with Gasteiger partial charge in [-0.25, -0.2) is 4.21 Å². The maximum atomic E-state index is 10.5. The third-order valence-corrected chi connectivity index (χ3v) is 2.41. The summed E-state index contributed by atoms with van der Waals surface area (Å²) in [6.07, 6.45) is 0. The molecule has 1 atom stereocenters. The molecular weight excluding hydrogens is 207 g/mol. The standard InChI is InChI=1S/C7H7ClO2S.Na.H/c1-5-2-3-6(11(9)10)4-7(5)8;;/h2-4H,1H3,(H,9,10);;. The molecule has 5 heteroatoms. The average molecular weight is 215 g/mol. The third kappa shape index (κ3) is 3.17. The van der Waals surface area contributed by atoms with Gasteiger partial charge in [0.05, 0.1) is 4.90 Å². The van der Waals surface area contributed by atoms with Gasteiger partial charge in [-0.3, -0.25) is 0 Å². The molecule has 1 N–H and O–H groups in total. The summed E-state index contributed by atoms with van der Waals surface area (Å²) in [5.41, 5.74) is 0.904. The minimum absolute atomic E-state index is 0. The van der Waals surface area contributed by atoms with Gasteiger partial charge in [0.2, 0.25) is 0 Å². The Bertz CT molecular complexity index is 303. The molecule has 1 unspecified atom stereocenters. The van der Waals surface area contributed by atoms with Crippen LogP contribution >= 0.6 is 11.6 Å². The van der Waals surface area contributed by atoms with Crippen molar-refractivity contribution in [3.63, 3.8) is 0 Å². The van der Waals surface area contributed by atoms with E-state index in [1.165, 1.54) is 6.07 Å². The summed E-state index contributed by atoms with van der Waals surface area (Å²) < 4.78 is 19.2. The van der Waals surface area contributed by atoms with Crippen molar-refractivity contribution in [1.82, 2.24) is 0 Å². The predicted molar refractivity (Wildman–Crippen MR) is 52.4 cm³/mol. The third-order valence-electron chi connectivity index (χ3n) is 1.34. The average Bonchev–Trinajstić information content (AvgIpc) is 1.94. The molecule has 0 saturated carbocycles. The van der Waals surface area contributed by atoms with Gasteiger partial charge < -0.3 is 4.55 Å². The molecule has 0 bridgehead atoms. The summed E-state index contributed by atoms with van der Waals surface area (Å²) in [5.74, 6) is 0. The molecule has 1 aromatic carbocycles. The fourth-order valence-corrected chi connectivity index (χ4v) is 1.33. The molecule has 0 spiro atoms. The molecular formula is C7H8ClNaO2S. The molecule has 0 amide bonds. The molecule has 0 aromatic heterocycles. The number of hydrogen-bond donors (Lipinski definition) is 1. The van der Waals surface area contributed by atoms with E-state index in [-0.39, 0.29) is 29.6 Å². The van der Waals surface area contributed by atoms with Crippen molar-refractivity contribution in [2.45, 2.75) is 11.8 Å². The zero-order chi connectivity index (χ0) is 8.43. The van der Waals surface area contributed by atoms with Gasteiger partial charge in [0.1, 0.15) is 0 Å². The van der Waals surface area contributed by atoms with Crippen LogP contribution in [-0.4, -0.2) is 38.3 Å². The topological polar surface area (TPSA) is 37.3 Å². The van der Waals surface area contributed by atoms with Gasteiger partial charge in [-0.15, -0.1) is 0 Å². The van der Waals surface area contributed by atoms with Crippen molar-refractivity contribution in [3.8, 4) is 0 Å². The number of benzene rings is 1. The van der Waals surface area contributed by atoms with Gasteiger partial charge in [0.25, 0.3) is 0 Å². The number of hydrogen-bond acceptors (Lipinski definition) is 1. The van der Waals surface area contributed by atoms with E-state index in [4.69, 9.17) is 16.2 Å². The maximum absolute atomic E-state index is 10.5. The molecule has 0 fully saturated rings. The van der Waals surface area contributed by atoms with Crippen molar-refractivity contribution in [1.29, 1.82) is 0 Å². The first-order chi connectivity index (χ1) is 5.11. The Morgan fingerprint density at radius 1 is 1.50 bits per heavy atom. The van der Waals surface area contributed by atoms with E-state index >= 15 is 0 Å². The van der Waals surface area contributed by atoms with Gasteiger partial charge in [-0.05, 0) is 24.6 Å². The van der Waals surface area contributed by atoms with Gasteiger partial charge in [-0.2, -0.15) is 0 Å². The second-order valence-corrected chi connectivity index (χ2v) is 3.54. The van der Waals surface area contributed by atoms with Crippen LogP contribution in [0.2, 0.25) is 5.02 Å². The summed E-state index contributed by atoms with van der Waals surface area (Å²) in [4.78, 5) is 0.334. The summed E-state index contributed by atoms with van der Waals surface area (Å²) >= 11 is 3.78. The van der Waals surface area contributed by atoms with E-state index in [0.29, 0.717) is 9.92 Å². The summed E-state index contributed by atoms with van der Waals surface area (Å²) in [6.45, 7) is 1.84. The Hall–Kier alpha value is 0.620. The van der Waals surface area contributed by atoms with Crippen LogP contribution in [-0.2, 0) is 11.1 Å². The molecule has 62 valence electrons. The molecule has 1 rings (SSSR count). The van der Waals surface area contributed by atoms with E-state index in [1.54, 1.807) is 12.1 Å². The second-order valence-electron chi connectivity index (χ2n) is 2.16. The van der Waals surface area contributed by atoms with E-state index in [1.807, 2.05) is 6.92 Å². The Kier molecular flexibility index (Phi) is 5.65. The van der Waals surface area contributed by atoms with E-state index in [9.17, 15) is 4.21 Å². The van der Waals surface area contributed by atoms with Crippen LogP contribution in [0.3, 0.4) is 0 Å². The molecule has 0 radical (unpaired) electrons. The zero-order valence-corrected chi connectivity index (χ0v) is 7.45. The predicted octanol–water partition coefficient (Wildman–Crippen LogP) is 1.58. The van der Waals surface area contributed by atoms with Gasteiger partial charge in [0.15, 0.2) is 11.1 Å². The Morgan fingerprint density at radius 3 is 2.50 bits per heavy atom. The van der Waals surface area contributed by atoms with E-state index in [0.717, 1.165) is 5.56 Å². The molecule has 2 nitrogen and oxygen atoms in total. The Balaban J connectivity index is 0.00000121. The monoisotopic (exact) mass is 214 g/mol. The summed E-state index contributed by atoms with van der Waals surface area (Å²) in [7, 11) is 0. The molecule has 0 saturated heterocycles. The van der Waals surface area contributed by atoms with Crippen molar-refractivity contribution in [2.75, 3.05) is 0 Å². The minimum atomic E-state index is -1.93. The number of rotatable bonds is 1. The molecule has 0 aliphatic heterocycles. The summed E-state index contributed by atoms with van der Waals surface area (Å²) in [6, 6.07) is 4.79. The van der Waals surface area contributed by atoms with E-state index in [2.05, 4.69) is 0 Å². The van der Waals surface area contributed by atoms with Crippen LogP contribution in [0.1, 0.15) is 5.56 Å². The SMILES string of the molecule is Cc1ccc(S(=O)O)cc1Cl.[NaH]. The fraction of sp³-hybridized carbons (Fsp3) is 0.143. The quantitative estimate of drug-likeness (QED) is 0.569. The first-order valence-corrected chi connectivity index (χ1v) is 4.47. The molecule has 12 heavy (non-hydrogen) atoms. The van der Waals surface area contributed by atoms with Crippen molar-refractivity contribution >= 4 is 52.2 Å². The van der Waals surface area contributed by atoms with Crippen molar-refractivity contribution in [2.24, 2.45) is 0 Å². The normalized spacial score (nSPS) is 11.9. The number of aryl methyl sites for hydroxylation is 1. The Labute approximate surface area is 101 Å². The molecule has 0 heterocycles. The Morgan fingerprint density at radius 2 is 2.08 bits per heavy atom. The fourth-order valence-electron chi connectivity index (χ4n) is 0.682. The first kappa shape index (κ1) is 12.6. The van der Waals surface area contributed by atoms with Crippen LogP contribution in [0.5, 0.6) is 0 Å². The van der Waals surface area contributed by atoms with E-state index < -0.39 is 11.1 Å². The van der Waals surface area contributed by atoms with Crippen LogP contribution < -0.4 is 0 Å². The number of halogens is 1. The van der Waals surface area contributed by atoms with Crippen molar-refractivity contribution in [3.05, 3.63) is 28.8 Å². The summed E-state index contributed by atoms with van der Waals surface area (Å²) in [5, 5.41) is 0.518. The first-order valence-electron chi connectivity index (χ1n) is 2.98. The van der Waals surface area contributed by atoms with Crippen LogP contribution in [0.25, 0.3) is 0 Å². The van der Waals surface area contributed by atoms with Gasteiger partial charge in [-0.1, -0.05) is 17.7 Å². The van der Waals surface area contributed by atoms with Crippen LogP contribution in [0, 0.1) is 6.92 Å². The molecule has 0 aliphatic carbocycles. The van der Waals surface area contributed by atoms with Gasteiger partial charge >= 0.3 is 29.6 Å². The zero-order valence-electron chi connectivity index (χ0n) is 5.87. The second kappa shape index (κ2) is 5.37.